The second kappa shape index (κ2) is 40.4. The van der Waals surface area contributed by atoms with E-state index in [0.29, 0.717) is 79.5 Å². The highest BCUT2D eigenvalue weighted by molar-refractivity contribution is 5.97. The van der Waals surface area contributed by atoms with Gasteiger partial charge < -0.3 is 109 Å². The molecule has 2 aromatic rings. The number of rotatable bonds is 31. The summed E-state index contributed by atoms with van der Waals surface area (Å²) in [7, 11) is 4.69. The average molecular weight is 1640 g/mol. The maximum Gasteiger partial charge on any atom is 0.342 e. The van der Waals surface area contributed by atoms with Crippen molar-refractivity contribution < 1.29 is 133 Å². The number of carbonyl (C=O) groups is 5. The Morgan fingerprint density at radius 1 is 0.586 bits per heavy atom. The van der Waals surface area contributed by atoms with Gasteiger partial charge in [-0.05, 0) is 115 Å². The predicted molar refractivity (Wildman–Crippen MR) is 431 cm³/mol. The molecule has 658 valence electrons. The summed E-state index contributed by atoms with van der Waals surface area (Å²) in [5.74, 6) is -3.82. The quantitative estimate of drug-likeness (QED) is 0.0247. The number of ether oxygens (including phenoxy) is 10. The fraction of sp³-hybridized carbons (Fsp3) is 0.764. The van der Waals surface area contributed by atoms with Gasteiger partial charge >= 0.3 is 11.9 Å². The summed E-state index contributed by atoms with van der Waals surface area (Å²) in [5.41, 5.74) is 0.120. The summed E-state index contributed by atoms with van der Waals surface area (Å²) in [6.07, 6.45) is -6.40. The van der Waals surface area contributed by atoms with Crippen LogP contribution in [0.1, 0.15) is 250 Å². The van der Waals surface area contributed by atoms with E-state index in [1.165, 1.54) is 7.11 Å². The van der Waals surface area contributed by atoms with E-state index in [2.05, 4.69) is 33.9 Å². The van der Waals surface area contributed by atoms with Gasteiger partial charge in [-0.1, -0.05) is 87.0 Å². The number of methoxy groups -OCH3 is 3. The Balaban J connectivity index is 0.000000244. The summed E-state index contributed by atoms with van der Waals surface area (Å²) in [5, 5.41) is 128. The fourth-order valence-electron chi connectivity index (χ4n) is 17.7. The molecular weight excluding hydrogens is 1500 g/mol. The van der Waals surface area contributed by atoms with Gasteiger partial charge in [0.2, 0.25) is 0 Å². The SMILES string of the molecule is C=C(C)CC(OC)[C@H](O)C(=O)CC[C@@H]1C[C@@H](O)C(C)(C)[C@@H](C[C@H](O)[C@@H](C)[C@H]2Cc3c(C)c(O)cc(O)c3C(=O)O2)O1.C=C1C[C@](C)([C@H](O)C(=O)CC[C@@H]2C[C@@H](O)C(C)(C)[C@@H](C[C@H](O)[C@@H](C)[C@H]3Cc4c(C)c(O)cc(O)c4C(=O)O3)O2)O[C@H](C)[C@@H]1C.COC[C@@H](O)C[C@H]1O[C@H](CCC(=O)[C@@H](O)[C@@]2(C)CC[C@@H](C)[C@@H](C)O2)C[C@@H](OC)C1(C)C. The molecule has 12 N–H and O–H groups in total. The van der Waals surface area contributed by atoms with Crippen LogP contribution < -0.4 is 0 Å². The Morgan fingerprint density at radius 3 is 1.41 bits per heavy atom. The molecule has 7 heterocycles. The van der Waals surface area contributed by atoms with Crippen molar-refractivity contribution in [3.63, 3.8) is 0 Å². The third-order valence-electron chi connectivity index (χ3n) is 27.2. The molecule has 0 saturated carbocycles. The van der Waals surface area contributed by atoms with Gasteiger partial charge in [0.05, 0.1) is 104 Å². The zero-order valence-corrected chi connectivity index (χ0v) is 72.4. The van der Waals surface area contributed by atoms with E-state index in [1.807, 2.05) is 55.4 Å². The summed E-state index contributed by atoms with van der Waals surface area (Å²) >= 11 is 0. The van der Waals surface area contributed by atoms with Crippen molar-refractivity contribution in [1.82, 2.24) is 0 Å². The molecule has 5 saturated heterocycles. The van der Waals surface area contributed by atoms with Crippen LogP contribution in [0.3, 0.4) is 0 Å². The average Bonchev–Trinajstić information content (AvgIpc) is 0.766. The van der Waals surface area contributed by atoms with Crippen LogP contribution in [0, 0.1) is 53.8 Å². The highest BCUT2D eigenvalue weighted by atomic mass is 16.6. The monoisotopic (exact) mass is 1640 g/mol. The molecule has 26 atom stereocenters. The first kappa shape index (κ1) is 97.6. The minimum absolute atomic E-state index is 0.0202. The second-order valence-electron chi connectivity index (χ2n) is 37.0. The van der Waals surface area contributed by atoms with Crippen molar-refractivity contribution in [2.75, 3.05) is 27.9 Å². The highest BCUT2D eigenvalue weighted by Gasteiger charge is 2.52. The molecule has 27 heteroatoms. The lowest BCUT2D eigenvalue weighted by atomic mass is 9.72. The molecule has 0 aromatic heterocycles. The molecule has 7 aliphatic heterocycles. The van der Waals surface area contributed by atoms with Crippen LogP contribution in [-0.2, 0) is 74.6 Å². The largest absolute Gasteiger partial charge is 0.508 e. The van der Waals surface area contributed by atoms with Gasteiger partial charge in [-0.2, -0.15) is 0 Å². The van der Waals surface area contributed by atoms with Gasteiger partial charge in [-0.3, -0.25) is 14.4 Å². The molecule has 7 aliphatic rings. The van der Waals surface area contributed by atoms with Crippen LogP contribution in [0.2, 0.25) is 0 Å². The molecule has 0 spiro atoms. The molecule has 27 nitrogen and oxygen atoms in total. The van der Waals surface area contributed by atoms with E-state index in [4.69, 9.17) is 47.4 Å². The van der Waals surface area contributed by atoms with Crippen LogP contribution in [0.5, 0.6) is 23.0 Å². The lowest BCUT2D eigenvalue weighted by Gasteiger charge is -2.48. The first-order chi connectivity index (χ1) is 53.9. The number of benzene rings is 2. The Labute approximate surface area is 686 Å². The summed E-state index contributed by atoms with van der Waals surface area (Å²) in [6.45, 7) is 40.1. The van der Waals surface area contributed by atoms with Crippen LogP contribution >= 0.6 is 0 Å². The lowest BCUT2D eigenvalue weighted by Crippen LogP contribution is -2.54. The molecule has 2 aromatic carbocycles. The molecular formula is C89H140O27. The number of hydrogen-bond acceptors (Lipinski definition) is 27. The first-order valence-electron chi connectivity index (χ1n) is 41.6. The lowest BCUT2D eigenvalue weighted by molar-refractivity contribution is -0.197. The van der Waals surface area contributed by atoms with Gasteiger partial charge in [0.1, 0.15) is 70.2 Å². The van der Waals surface area contributed by atoms with Crippen LogP contribution in [0.4, 0.5) is 0 Å². The number of aromatic hydroxyl groups is 4. The molecule has 0 radical (unpaired) electrons. The van der Waals surface area contributed by atoms with E-state index >= 15 is 0 Å². The Bertz CT molecular complexity index is 3700. The summed E-state index contributed by atoms with van der Waals surface area (Å²) in [4.78, 5) is 64.1. The van der Waals surface area contributed by atoms with Crippen LogP contribution in [0.15, 0.2) is 36.4 Å². The van der Waals surface area contributed by atoms with Crippen molar-refractivity contribution in [3.05, 3.63) is 69.8 Å². The third kappa shape index (κ3) is 23.0. The zero-order valence-electron chi connectivity index (χ0n) is 72.4. The highest BCUT2D eigenvalue weighted by Crippen LogP contribution is 2.48. The molecule has 0 aliphatic carbocycles. The maximum atomic E-state index is 13.1. The zero-order chi connectivity index (χ0) is 87.1. The van der Waals surface area contributed by atoms with Crippen molar-refractivity contribution in [2.24, 2.45) is 39.9 Å². The van der Waals surface area contributed by atoms with Gasteiger partial charge in [0.15, 0.2) is 17.3 Å². The van der Waals surface area contributed by atoms with Gasteiger partial charge in [-0.15, -0.1) is 6.58 Å². The smallest absolute Gasteiger partial charge is 0.342 e. The molecule has 0 amide bonds. The summed E-state index contributed by atoms with van der Waals surface area (Å²) < 4.78 is 58.4. The normalized spacial score (nSPS) is 32.5. The predicted octanol–water partition coefficient (Wildman–Crippen LogP) is 9.89. The summed E-state index contributed by atoms with van der Waals surface area (Å²) in [6, 6.07) is 2.24. The van der Waals surface area contributed by atoms with E-state index in [-0.39, 0.29) is 158 Å². The van der Waals surface area contributed by atoms with Gasteiger partial charge in [0, 0.05) is 145 Å². The third-order valence-corrected chi connectivity index (χ3v) is 27.2. The Kier molecular flexibility index (Phi) is 34.0. The van der Waals surface area contributed by atoms with Crippen molar-refractivity contribution in [2.45, 2.75) is 367 Å². The standard InChI is InChI=1S/C34H50O10.C31H46O10.C24H44O7/c1-16-15-34(8,44-20(5)17(16)2)31(40)23(35)10-9-21-11-28(39)33(6,7)29(42-21)14-25(37)19(4)27-12-22-18(3)24(36)13-26(38)30(22)32(41)43-27;1-15(2)10-25(39-7)29(37)20(32)9-8-18-11-26(36)31(5,6)27(40-18)14-22(34)17(4)24-12-19-16(3)21(33)13-23(35)28(19)30(38)41-24;1-15-10-11-24(5,31-16(15)2)22(27)19(26)9-8-18-13-20(29-7)23(3,4)21(30-18)12-17(25)14-28-6/h13,17,19-21,25,27-29,31,36-40H,1,9-12,14-15H2,2-8H3;13,17-18,22,24-27,29,33-37H,1,8-12,14H2,2-7H3;15-18,20-22,25,27H,8-14H2,1-7H3/t17-,19-,20-,21-,25+,27-,28-,29-,31-,34-;17-,18-,22+,24-,25?,26-,27-,29-;15-,16-,17+,18-,20-,21-,22-,24-/m111/s1. The van der Waals surface area contributed by atoms with Gasteiger partial charge in [0.25, 0.3) is 0 Å². The van der Waals surface area contributed by atoms with E-state index < -0.39 is 137 Å². The molecule has 116 heavy (non-hydrogen) atoms. The number of aliphatic hydroxyl groups excluding tert-OH is 8. The maximum absolute atomic E-state index is 13.1. The number of hydrogen-bond donors (Lipinski definition) is 12. The first-order valence-corrected chi connectivity index (χ1v) is 41.6. The number of phenolic OH excluding ortho intramolecular Hbond substituents is 4. The number of aliphatic hydroxyl groups is 8. The minimum Gasteiger partial charge on any atom is -0.508 e. The number of cyclic esters (lactones) is 2. The van der Waals surface area contributed by atoms with Crippen molar-refractivity contribution in [3.8, 4) is 23.0 Å². The Hall–Kier alpha value is -5.57. The number of phenols is 4. The number of Topliss-reactive ketones (excluding diaryl/α,β-unsaturated/α-hetero) is 3. The van der Waals surface area contributed by atoms with Crippen molar-refractivity contribution >= 4 is 29.3 Å². The van der Waals surface area contributed by atoms with Gasteiger partial charge in [-0.25, -0.2) is 9.59 Å². The molecule has 0 bridgehead atoms. The van der Waals surface area contributed by atoms with E-state index in [1.54, 1.807) is 55.8 Å². The molecule has 1 unspecified atom stereocenters. The number of esters is 2. The van der Waals surface area contributed by atoms with Crippen LogP contribution in [0.25, 0.3) is 0 Å². The topological polar surface area (TPSA) is 420 Å². The van der Waals surface area contributed by atoms with Crippen LogP contribution in [-0.4, -0.2) is 252 Å². The van der Waals surface area contributed by atoms with Crippen molar-refractivity contribution in [1.29, 1.82) is 0 Å². The number of carbonyl (C=O) groups excluding carboxylic acids is 5. The number of ketones is 3. The van der Waals surface area contributed by atoms with E-state index in [0.717, 1.165) is 29.7 Å². The minimum atomic E-state index is -1.33. The number of fused-ring (bicyclic) bond motifs is 2. The van der Waals surface area contributed by atoms with E-state index in [9.17, 15) is 85.3 Å². The fourth-order valence-corrected chi connectivity index (χ4v) is 17.7. The molecule has 9 rings (SSSR count). The molecule has 5 fully saturated rings. The second-order valence-corrected chi connectivity index (χ2v) is 37.0. The Morgan fingerprint density at radius 2 is 1.00 bits per heavy atom.